The first-order chi connectivity index (χ1) is 12.0. The molecule has 0 radical (unpaired) electrons. The summed E-state index contributed by atoms with van der Waals surface area (Å²) in [6, 6.07) is 14.2. The van der Waals surface area contributed by atoms with Crippen molar-refractivity contribution in [2.45, 2.75) is 13.3 Å². The van der Waals surface area contributed by atoms with E-state index in [0.717, 1.165) is 10.2 Å². The number of hydrogen-bond acceptors (Lipinski definition) is 3. The third-order valence-corrected chi connectivity index (χ3v) is 4.85. The molecule has 2 aromatic carbocycles. The van der Waals surface area contributed by atoms with Crippen molar-refractivity contribution in [2.75, 3.05) is 16.8 Å². The monoisotopic (exact) mass is 400 g/mol. The highest BCUT2D eigenvalue weighted by Gasteiger charge is 2.35. The van der Waals surface area contributed by atoms with Crippen molar-refractivity contribution in [1.82, 2.24) is 0 Å². The molecule has 2 aromatic rings. The van der Waals surface area contributed by atoms with Crippen LogP contribution in [0.15, 0.2) is 53.0 Å². The molecule has 1 aliphatic rings. The van der Waals surface area contributed by atoms with Gasteiger partial charge < -0.3 is 10.2 Å². The predicted molar refractivity (Wildman–Crippen MR) is 99.7 cm³/mol. The Hall–Kier alpha value is -2.47. The number of amides is 2. The van der Waals surface area contributed by atoms with Crippen LogP contribution >= 0.6 is 15.9 Å². The highest BCUT2D eigenvalue weighted by atomic mass is 79.9. The molecular formula is C19H17BrN2O3. The molecule has 25 heavy (non-hydrogen) atoms. The van der Waals surface area contributed by atoms with Crippen LogP contribution in [0.3, 0.4) is 0 Å². The van der Waals surface area contributed by atoms with Gasteiger partial charge >= 0.3 is 0 Å². The molecule has 128 valence electrons. The van der Waals surface area contributed by atoms with E-state index in [0.29, 0.717) is 17.8 Å². The number of benzene rings is 2. The zero-order valence-electron chi connectivity index (χ0n) is 13.7. The van der Waals surface area contributed by atoms with Crippen molar-refractivity contribution < 1.29 is 14.4 Å². The summed E-state index contributed by atoms with van der Waals surface area (Å²) < 4.78 is 0.818. The third kappa shape index (κ3) is 3.79. The lowest BCUT2D eigenvalue weighted by Gasteiger charge is -2.18. The number of anilines is 2. The first kappa shape index (κ1) is 17.4. The largest absolute Gasteiger partial charge is 0.326 e. The van der Waals surface area contributed by atoms with Gasteiger partial charge in [-0.15, -0.1) is 0 Å². The van der Waals surface area contributed by atoms with Gasteiger partial charge in [-0.1, -0.05) is 24.3 Å². The lowest BCUT2D eigenvalue weighted by molar-refractivity contribution is -0.122. The fraction of sp³-hybridized carbons (Fsp3) is 0.211. The van der Waals surface area contributed by atoms with Crippen LogP contribution in [0.4, 0.5) is 11.4 Å². The van der Waals surface area contributed by atoms with E-state index in [9.17, 15) is 14.4 Å². The number of halogens is 1. The summed E-state index contributed by atoms with van der Waals surface area (Å²) in [6.45, 7) is 1.81. The molecule has 1 saturated heterocycles. The maximum atomic E-state index is 12.5. The molecule has 1 fully saturated rings. The fourth-order valence-electron chi connectivity index (χ4n) is 2.85. The highest BCUT2D eigenvalue weighted by molar-refractivity contribution is 9.10. The second-order valence-electron chi connectivity index (χ2n) is 5.98. The quantitative estimate of drug-likeness (QED) is 0.796. The summed E-state index contributed by atoms with van der Waals surface area (Å²) in [5.74, 6) is -0.791. The number of nitrogens with one attached hydrogen (secondary N) is 1. The van der Waals surface area contributed by atoms with Gasteiger partial charge in [0.2, 0.25) is 11.8 Å². The molecule has 3 rings (SSSR count). The van der Waals surface area contributed by atoms with Gasteiger partial charge in [0.05, 0.1) is 11.6 Å². The number of ketones is 1. The van der Waals surface area contributed by atoms with Crippen molar-refractivity contribution >= 4 is 44.9 Å². The lowest BCUT2D eigenvalue weighted by Crippen LogP contribution is -2.28. The lowest BCUT2D eigenvalue weighted by atomic mass is 10.1. The third-order valence-electron chi connectivity index (χ3n) is 4.18. The molecule has 6 heteroatoms. The second kappa shape index (κ2) is 7.19. The number of carbonyl (C=O) groups excluding carboxylic acids is 3. The molecule has 0 aromatic heterocycles. The number of nitrogens with zero attached hydrogens (tertiary/aromatic N) is 1. The van der Waals surface area contributed by atoms with E-state index >= 15 is 0 Å². The average Bonchev–Trinajstić information content (AvgIpc) is 2.97. The van der Waals surface area contributed by atoms with Crippen molar-refractivity contribution in [3.63, 3.8) is 0 Å². The van der Waals surface area contributed by atoms with E-state index in [4.69, 9.17) is 0 Å². The Balaban J connectivity index is 1.72. The molecular weight excluding hydrogens is 384 g/mol. The molecule has 1 atom stereocenters. The van der Waals surface area contributed by atoms with Gasteiger partial charge in [-0.05, 0) is 47.1 Å². The zero-order valence-corrected chi connectivity index (χ0v) is 15.2. The minimum atomic E-state index is -0.430. The topological polar surface area (TPSA) is 66.5 Å². The molecule has 1 heterocycles. The maximum absolute atomic E-state index is 12.5. The summed E-state index contributed by atoms with van der Waals surface area (Å²) in [7, 11) is 0. The molecule has 0 unspecified atom stereocenters. The molecule has 1 aliphatic heterocycles. The zero-order chi connectivity index (χ0) is 18.0. The fourth-order valence-corrected chi connectivity index (χ4v) is 3.35. The van der Waals surface area contributed by atoms with E-state index in [2.05, 4.69) is 21.2 Å². The number of rotatable bonds is 4. The van der Waals surface area contributed by atoms with Gasteiger partial charge in [-0.2, -0.15) is 0 Å². The van der Waals surface area contributed by atoms with E-state index in [1.807, 2.05) is 24.3 Å². The summed E-state index contributed by atoms with van der Waals surface area (Å²) in [5.41, 5.74) is 1.86. The summed E-state index contributed by atoms with van der Waals surface area (Å²) >= 11 is 3.44. The Bertz CT molecular complexity index is 850. The van der Waals surface area contributed by atoms with E-state index in [1.54, 1.807) is 29.2 Å². The minimum absolute atomic E-state index is 0.0627. The van der Waals surface area contributed by atoms with Gasteiger partial charge in [-0.3, -0.25) is 14.4 Å². The number of Topliss-reactive ketones (excluding diaryl/α,β-unsaturated/α-hetero) is 1. The van der Waals surface area contributed by atoms with Gasteiger partial charge in [0.1, 0.15) is 0 Å². The first-order valence-corrected chi connectivity index (χ1v) is 8.72. The van der Waals surface area contributed by atoms with Crippen LogP contribution in [-0.4, -0.2) is 24.1 Å². The van der Waals surface area contributed by atoms with E-state index in [-0.39, 0.29) is 24.0 Å². The second-order valence-corrected chi connectivity index (χ2v) is 6.84. The van der Waals surface area contributed by atoms with Gasteiger partial charge in [0.25, 0.3) is 0 Å². The van der Waals surface area contributed by atoms with Crippen LogP contribution in [0, 0.1) is 5.92 Å². The highest BCUT2D eigenvalue weighted by Crippen LogP contribution is 2.31. The number of hydrogen-bond donors (Lipinski definition) is 1. The van der Waals surface area contributed by atoms with Crippen molar-refractivity contribution in [1.29, 1.82) is 0 Å². The van der Waals surface area contributed by atoms with Crippen LogP contribution in [-0.2, 0) is 9.59 Å². The summed E-state index contributed by atoms with van der Waals surface area (Å²) in [5, 5.41) is 2.80. The Morgan fingerprint density at radius 2 is 1.92 bits per heavy atom. The summed E-state index contributed by atoms with van der Waals surface area (Å²) in [4.78, 5) is 37.9. The molecule has 2 amide bonds. The van der Waals surface area contributed by atoms with E-state index in [1.165, 1.54) is 6.92 Å². The van der Waals surface area contributed by atoms with Crippen LogP contribution in [0.25, 0.3) is 0 Å². The number of para-hydroxylation sites is 1. The Morgan fingerprint density at radius 1 is 1.16 bits per heavy atom. The SMILES string of the molecule is CC(=O)c1cccc(NC(=O)[C@@H]2CC(=O)N(c3ccccc3Br)C2)c1. The first-order valence-electron chi connectivity index (χ1n) is 7.92. The Kier molecular flexibility index (Phi) is 4.99. The summed E-state index contributed by atoms with van der Waals surface area (Å²) in [6.07, 6.45) is 0.166. The normalized spacial score (nSPS) is 16.8. The van der Waals surface area contributed by atoms with Crippen molar-refractivity contribution in [3.05, 3.63) is 58.6 Å². The molecule has 0 saturated carbocycles. The average molecular weight is 401 g/mol. The number of carbonyl (C=O) groups is 3. The molecule has 1 N–H and O–H groups in total. The van der Waals surface area contributed by atoms with Crippen molar-refractivity contribution in [2.24, 2.45) is 5.92 Å². The van der Waals surface area contributed by atoms with Gasteiger partial charge in [0, 0.05) is 28.7 Å². The molecule has 0 spiro atoms. The van der Waals surface area contributed by atoms with Crippen LogP contribution in [0.1, 0.15) is 23.7 Å². The van der Waals surface area contributed by atoms with Gasteiger partial charge in [0.15, 0.2) is 5.78 Å². The molecule has 5 nitrogen and oxygen atoms in total. The predicted octanol–water partition coefficient (Wildman–Crippen LogP) is 3.64. The van der Waals surface area contributed by atoms with Gasteiger partial charge in [-0.25, -0.2) is 0 Å². The van der Waals surface area contributed by atoms with E-state index < -0.39 is 5.92 Å². The standard InChI is InChI=1S/C19H17BrN2O3/c1-12(23)13-5-4-6-15(9-13)21-19(25)14-10-18(24)22(11-14)17-8-3-2-7-16(17)20/h2-9,14H,10-11H2,1H3,(H,21,25)/t14-/m1/s1. The minimum Gasteiger partial charge on any atom is -0.326 e. The Morgan fingerprint density at radius 3 is 2.64 bits per heavy atom. The molecule has 0 bridgehead atoms. The van der Waals surface area contributed by atoms with Crippen LogP contribution in [0.5, 0.6) is 0 Å². The van der Waals surface area contributed by atoms with Crippen LogP contribution in [0.2, 0.25) is 0 Å². The maximum Gasteiger partial charge on any atom is 0.229 e. The van der Waals surface area contributed by atoms with Crippen molar-refractivity contribution in [3.8, 4) is 0 Å². The molecule has 0 aliphatic carbocycles. The Labute approximate surface area is 154 Å². The smallest absolute Gasteiger partial charge is 0.229 e. The van der Waals surface area contributed by atoms with Crippen LogP contribution < -0.4 is 10.2 Å².